The molecule has 1 heterocycles. The van der Waals surface area contributed by atoms with Crippen LogP contribution in [0.2, 0.25) is 0 Å². The highest BCUT2D eigenvalue weighted by atomic mass is 16.5. The van der Waals surface area contributed by atoms with Crippen molar-refractivity contribution in [1.29, 1.82) is 0 Å². The number of aryl methyl sites for hydroxylation is 1. The Hall–Kier alpha value is -2.96. The van der Waals surface area contributed by atoms with Crippen molar-refractivity contribution >= 4 is 11.8 Å². The third-order valence-electron chi connectivity index (χ3n) is 3.32. The van der Waals surface area contributed by atoms with Gasteiger partial charge in [0.15, 0.2) is 6.10 Å². The highest BCUT2D eigenvalue weighted by Gasteiger charge is 2.15. The number of rotatable bonds is 8. The summed E-state index contributed by atoms with van der Waals surface area (Å²) in [5.74, 6) is 1.23. The Labute approximate surface area is 146 Å². The van der Waals surface area contributed by atoms with Gasteiger partial charge in [-0.05, 0) is 50.2 Å². The molecule has 0 radical (unpaired) electrons. The molecule has 0 aliphatic rings. The molecule has 7 nitrogen and oxygen atoms in total. The van der Waals surface area contributed by atoms with Gasteiger partial charge >= 0.3 is 0 Å². The van der Waals surface area contributed by atoms with Gasteiger partial charge in [-0.15, -0.1) is 0 Å². The molecule has 2 aromatic rings. The van der Waals surface area contributed by atoms with Gasteiger partial charge in [-0.25, -0.2) is 0 Å². The van der Waals surface area contributed by atoms with Crippen molar-refractivity contribution in [1.82, 2.24) is 10.9 Å². The minimum Gasteiger partial charge on any atom is -0.494 e. The van der Waals surface area contributed by atoms with E-state index >= 15 is 0 Å². The highest BCUT2D eigenvalue weighted by molar-refractivity contribution is 5.84. The molecule has 25 heavy (non-hydrogen) atoms. The minimum atomic E-state index is -0.761. The van der Waals surface area contributed by atoms with Crippen LogP contribution in [-0.4, -0.2) is 24.5 Å². The fraction of sp³-hybridized carbons (Fsp3) is 0.333. The quantitative estimate of drug-likeness (QED) is 0.716. The molecule has 0 unspecified atom stereocenters. The van der Waals surface area contributed by atoms with E-state index in [2.05, 4.69) is 10.9 Å². The Morgan fingerprint density at radius 1 is 1.12 bits per heavy atom. The van der Waals surface area contributed by atoms with Gasteiger partial charge in [0, 0.05) is 12.8 Å². The predicted octanol–water partition coefficient (Wildman–Crippen LogP) is 2.23. The van der Waals surface area contributed by atoms with E-state index in [9.17, 15) is 9.59 Å². The van der Waals surface area contributed by atoms with Gasteiger partial charge < -0.3 is 13.9 Å². The van der Waals surface area contributed by atoms with E-state index in [-0.39, 0.29) is 12.3 Å². The highest BCUT2D eigenvalue weighted by Crippen LogP contribution is 2.18. The Morgan fingerprint density at radius 3 is 2.48 bits per heavy atom. The van der Waals surface area contributed by atoms with Crippen LogP contribution in [-0.2, 0) is 16.0 Å². The normalized spacial score (nSPS) is 11.4. The van der Waals surface area contributed by atoms with Gasteiger partial charge in [0.1, 0.15) is 17.3 Å². The molecule has 7 heteroatoms. The zero-order chi connectivity index (χ0) is 18.1. The monoisotopic (exact) mass is 346 g/mol. The average Bonchev–Trinajstić information content (AvgIpc) is 3.13. The molecule has 2 rings (SSSR count). The second-order valence-electron chi connectivity index (χ2n) is 5.28. The number of furan rings is 1. The number of carbonyl (C=O) groups is 2. The number of amides is 2. The lowest BCUT2D eigenvalue weighted by molar-refractivity contribution is -0.132. The van der Waals surface area contributed by atoms with Crippen molar-refractivity contribution in [2.45, 2.75) is 32.8 Å². The lowest BCUT2D eigenvalue weighted by Crippen LogP contribution is -2.47. The fourth-order valence-electron chi connectivity index (χ4n) is 2.03. The maximum absolute atomic E-state index is 12.0. The summed E-state index contributed by atoms with van der Waals surface area (Å²) >= 11 is 0. The predicted molar refractivity (Wildman–Crippen MR) is 91.0 cm³/mol. The molecular weight excluding hydrogens is 324 g/mol. The van der Waals surface area contributed by atoms with Crippen LogP contribution in [0.25, 0.3) is 0 Å². The SMILES string of the molecule is CCOc1ccc(O[C@@H](C)C(=O)NNC(=O)CCc2ccco2)cc1. The Bertz CT molecular complexity index is 667. The van der Waals surface area contributed by atoms with E-state index in [0.29, 0.717) is 24.5 Å². The van der Waals surface area contributed by atoms with Crippen LogP contribution in [0.15, 0.2) is 47.1 Å². The molecule has 1 atom stereocenters. The van der Waals surface area contributed by atoms with Crippen LogP contribution in [0.1, 0.15) is 26.0 Å². The average molecular weight is 346 g/mol. The van der Waals surface area contributed by atoms with Gasteiger partial charge in [-0.3, -0.25) is 20.4 Å². The minimum absolute atomic E-state index is 0.210. The third-order valence-corrected chi connectivity index (χ3v) is 3.32. The molecular formula is C18H22N2O5. The van der Waals surface area contributed by atoms with Crippen molar-refractivity contribution < 1.29 is 23.5 Å². The number of hydrazine groups is 1. The number of carbonyl (C=O) groups excluding carboxylic acids is 2. The van der Waals surface area contributed by atoms with Crippen LogP contribution in [0.3, 0.4) is 0 Å². The van der Waals surface area contributed by atoms with Crippen LogP contribution in [0.5, 0.6) is 11.5 Å². The zero-order valence-corrected chi connectivity index (χ0v) is 14.3. The topological polar surface area (TPSA) is 89.8 Å². The maximum atomic E-state index is 12.0. The van der Waals surface area contributed by atoms with Crippen molar-refractivity contribution in [3.63, 3.8) is 0 Å². The van der Waals surface area contributed by atoms with Crippen molar-refractivity contribution in [2.24, 2.45) is 0 Å². The summed E-state index contributed by atoms with van der Waals surface area (Å²) in [5.41, 5.74) is 4.70. The number of hydrogen-bond donors (Lipinski definition) is 2. The van der Waals surface area contributed by atoms with E-state index < -0.39 is 12.0 Å². The van der Waals surface area contributed by atoms with Gasteiger partial charge in [0.05, 0.1) is 12.9 Å². The molecule has 1 aromatic carbocycles. The van der Waals surface area contributed by atoms with Gasteiger partial charge in [0.25, 0.3) is 5.91 Å². The molecule has 0 saturated carbocycles. The number of hydrogen-bond acceptors (Lipinski definition) is 5. The molecule has 0 aliphatic carbocycles. The molecule has 0 spiro atoms. The van der Waals surface area contributed by atoms with Crippen molar-refractivity contribution in [2.75, 3.05) is 6.61 Å². The summed E-state index contributed by atoms with van der Waals surface area (Å²) in [5, 5.41) is 0. The maximum Gasteiger partial charge on any atom is 0.279 e. The molecule has 0 saturated heterocycles. The number of nitrogens with one attached hydrogen (secondary N) is 2. The van der Waals surface area contributed by atoms with Gasteiger partial charge in [-0.2, -0.15) is 0 Å². The standard InChI is InChI=1S/C18H22N2O5/c1-3-23-15-6-8-16(9-7-15)25-13(2)18(22)20-19-17(21)11-10-14-5-4-12-24-14/h4-9,12-13H,3,10-11H2,1-2H3,(H,19,21)(H,20,22)/t13-/m0/s1. The van der Waals surface area contributed by atoms with Gasteiger partial charge in [-0.1, -0.05) is 0 Å². The van der Waals surface area contributed by atoms with E-state index in [4.69, 9.17) is 13.9 Å². The van der Waals surface area contributed by atoms with E-state index in [1.807, 2.05) is 6.92 Å². The first kappa shape index (κ1) is 18.4. The summed E-state index contributed by atoms with van der Waals surface area (Å²) in [4.78, 5) is 23.7. The summed E-state index contributed by atoms with van der Waals surface area (Å²) in [6.07, 6.45) is 1.47. The molecule has 0 fully saturated rings. The lowest BCUT2D eigenvalue weighted by Gasteiger charge is -2.15. The third kappa shape index (κ3) is 6.21. The number of ether oxygens (including phenoxy) is 2. The van der Waals surface area contributed by atoms with E-state index in [1.165, 1.54) is 0 Å². The van der Waals surface area contributed by atoms with Crippen molar-refractivity contribution in [3.8, 4) is 11.5 Å². The van der Waals surface area contributed by atoms with Crippen LogP contribution >= 0.6 is 0 Å². The smallest absolute Gasteiger partial charge is 0.279 e. The lowest BCUT2D eigenvalue weighted by atomic mass is 10.2. The second-order valence-corrected chi connectivity index (χ2v) is 5.28. The Kier molecular flexibility index (Phi) is 6.88. The van der Waals surface area contributed by atoms with E-state index in [0.717, 1.165) is 5.75 Å². The Balaban J connectivity index is 1.71. The molecule has 0 bridgehead atoms. The molecule has 2 N–H and O–H groups in total. The molecule has 1 aromatic heterocycles. The van der Waals surface area contributed by atoms with E-state index in [1.54, 1.807) is 49.6 Å². The van der Waals surface area contributed by atoms with Gasteiger partial charge in [0.2, 0.25) is 5.91 Å². The summed E-state index contributed by atoms with van der Waals surface area (Å²) in [6.45, 7) is 4.08. The first-order valence-electron chi connectivity index (χ1n) is 8.09. The second kappa shape index (κ2) is 9.36. The van der Waals surface area contributed by atoms with Crippen LogP contribution < -0.4 is 20.3 Å². The summed E-state index contributed by atoms with van der Waals surface area (Å²) in [6, 6.07) is 10.5. The molecule has 2 amide bonds. The molecule has 134 valence electrons. The summed E-state index contributed by atoms with van der Waals surface area (Å²) in [7, 11) is 0. The molecule has 0 aliphatic heterocycles. The van der Waals surface area contributed by atoms with Crippen molar-refractivity contribution in [3.05, 3.63) is 48.4 Å². The fourth-order valence-corrected chi connectivity index (χ4v) is 2.03. The first-order valence-corrected chi connectivity index (χ1v) is 8.09. The summed E-state index contributed by atoms with van der Waals surface area (Å²) < 4.78 is 16.0. The van der Waals surface area contributed by atoms with Crippen LogP contribution in [0, 0.1) is 0 Å². The number of benzene rings is 1. The Morgan fingerprint density at radius 2 is 1.84 bits per heavy atom. The van der Waals surface area contributed by atoms with Crippen LogP contribution in [0.4, 0.5) is 0 Å². The first-order chi connectivity index (χ1) is 12.1. The largest absolute Gasteiger partial charge is 0.494 e. The zero-order valence-electron chi connectivity index (χ0n) is 14.3.